The second-order valence-corrected chi connectivity index (χ2v) is 5.07. The molecule has 0 atom stereocenters. The van der Waals surface area contributed by atoms with Gasteiger partial charge in [0.2, 0.25) is 0 Å². The lowest BCUT2D eigenvalue weighted by Crippen LogP contribution is -2.08. The van der Waals surface area contributed by atoms with Crippen molar-refractivity contribution in [2.75, 3.05) is 0 Å². The molecule has 1 aromatic carbocycles. The van der Waals surface area contributed by atoms with Gasteiger partial charge in [-0.15, -0.1) is 0 Å². The van der Waals surface area contributed by atoms with Crippen molar-refractivity contribution >= 4 is 22.6 Å². The molecule has 96 valence electrons. The summed E-state index contributed by atoms with van der Waals surface area (Å²) in [6.45, 7) is 3.55. The number of benzene rings is 1. The molecule has 0 radical (unpaired) electrons. The van der Waals surface area contributed by atoms with Crippen molar-refractivity contribution in [1.82, 2.24) is 9.78 Å². The Bertz CT molecular complexity index is 570. The van der Waals surface area contributed by atoms with Gasteiger partial charge in [-0.3, -0.25) is 0 Å². The van der Waals surface area contributed by atoms with Crippen LogP contribution in [0.2, 0.25) is 0 Å². The van der Waals surface area contributed by atoms with E-state index in [4.69, 9.17) is 0 Å². The lowest BCUT2D eigenvalue weighted by atomic mass is 10.2. The second kappa shape index (κ2) is 4.56. The van der Waals surface area contributed by atoms with E-state index in [9.17, 15) is 13.2 Å². The van der Waals surface area contributed by atoms with E-state index >= 15 is 0 Å². The number of hydrogen-bond donors (Lipinski definition) is 0. The minimum Gasteiger partial charge on any atom is -0.236 e. The molecule has 0 aliphatic heterocycles. The molecule has 2 nitrogen and oxygen atoms in total. The van der Waals surface area contributed by atoms with Crippen LogP contribution in [0.5, 0.6) is 0 Å². The van der Waals surface area contributed by atoms with Gasteiger partial charge in [-0.1, -0.05) is 17.7 Å². The third-order valence-electron chi connectivity index (χ3n) is 2.59. The molecule has 0 saturated carbocycles. The van der Waals surface area contributed by atoms with E-state index in [1.807, 2.05) is 19.1 Å². The molecule has 0 bridgehead atoms. The Labute approximate surface area is 116 Å². The zero-order chi connectivity index (χ0) is 13.5. The van der Waals surface area contributed by atoms with E-state index in [0.717, 1.165) is 5.56 Å². The summed E-state index contributed by atoms with van der Waals surface area (Å²) in [5.41, 5.74) is 1.34. The predicted octanol–water partition coefficient (Wildman–Crippen LogP) is 4.11. The van der Waals surface area contributed by atoms with Crippen molar-refractivity contribution < 1.29 is 13.2 Å². The Balaban J connectivity index is 2.56. The molecule has 2 rings (SSSR count). The standard InChI is InChI=1S/C12H10F3IN2/c1-7-3-5-9(6-4-7)18-8(2)10(16)11(17-18)12(13,14)15/h3-6H,1-2H3. The summed E-state index contributed by atoms with van der Waals surface area (Å²) in [5, 5.41) is 3.66. The summed E-state index contributed by atoms with van der Waals surface area (Å²) in [7, 11) is 0. The van der Waals surface area contributed by atoms with Gasteiger partial charge < -0.3 is 0 Å². The number of aryl methyl sites for hydroxylation is 1. The first-order chi connectivity index (χ1) is 8.30. The molecule has 0 fully saturated rings. The van der Waals surface area contributed by atoms with E-state index < -0.39 is 11.9 Å². The van der Waals surface area contributed by atoms with Crippen LogP contribution in [0.3, 0.4) is 0 Å². The van der Waals surface area contributed by atoms with E-state index in [1.165, 1.54) is 4.68 Å². The zero-order valence-corrected chi connectivity index (χ0v) is 11.9. The van der Waals surface area contributed by atoms with Crippen LogP contribution in [0.1, 0.15) is 17.0 Å². The number of alkyl halides is 3. The van der Waals surface area contributed by atoms with Gasteiger partial charge in [0.1, 0.15) is 0 Å². The van der Waals surface area contributed by atoms with Gasteiger partial charge in [-0.2, -0.15) is 18.3 Å². The van der Waals surface area contributed by atoms with E-state index in [0.29, 0.717) is 11.4 Å². The molecule has 0 aliphatic rings. The molecule has 18 heavy (non-hydrogen) atoms. The molecule has 0 amide bonds. The first kappa shape index (κ1) is 13.4. The van der Waals surface area contributed by atoms with Gasteiger partial charge in [0.05, 0.1) is 15.0 Å². The van der Waals surface area contributed by atoms with Crippen molar-refractivity contribution in [1.29, 1.82) is 0 Å². The van der Waals surface area contributed by atoms with Gasteiger partial charge in [-0.25, -0.2) is 4.68 Å². The van der Waals surface area contributed by atoms with Gasteiger partial charge in [0, 0.05) is 0 Å². The molecular weight excluding hydrogens is 356 g/mol. The highest BCUT2D eigenvalue weighted by Gasteiger charge is 2.38. The van der Waals surface area contributed by atoms with Crippen molar-refractivity contribution in [2.45, 2.75) is 20.0 Å². The SMILES string of the molecule is Cc1ccc(-n2nc(C(F)(F)F)c(I)c2C)cc1. The van der Waals surface area contributed by atoms with E-state index in [2.05, 4.69) is 5.10 Å². The van der Waals surface area contributed by atoms with Gasteiger partial charge in [0.25, 0.3) is 0 Å². The number of aromatic nitrogens is 2. The van der Waals surface area contributed by atoms with E-state index in [-0.39, 0.29) is 3.57 Å². The molecule has 0 N–H and O–H groups in total. The average Bonchev–Trinajstić information content (AvgIpc) is 2.57. The van der Waals surface area contributed by atoms with Crippen LogP contribution in [0.15, 0.2) is 24.3 Å². The first-order valence-electron chi connectivity index (χ1n) is 5.20. The van der Waals surface area contributed by atoms with Crippen LogP contribution in [0.4, 0.5) is 13.2 Å². The number of halogens is 4. The second-order valence-electron chi connectivity index (χ2n) is 3.99. The summed E-state index contributed by atoms with van der Waals surface area (Å²) < 4.78 is 39.7. The van der Waals surface area contributed by atoms with Crippen LogP contribution in [0.25, 0.3) is 5.69 Å². The van der Waals surface area contributed by atoms with Gasteiger partial charge >= 0.3 is 6.18 Å². The van der Waals surface area contributed by atoms with Gasteiger partial charge in [-0.05, 0) is 48.6 Å². The normalized spacial score (nSPS) is 11.9. The van der Waals surface area contributed by atoms with Crippen LogP contribution in [-0.2, 0) is 6.18 Å². The minimum absolute atomic E-state index is 0.140. The third-order valence-corrected chi connectivity index (χ3v) is 3.88. The molecule has 0 unspecified atom stereocenters. The fourth-order valence-electron chi connectivity index (χ4n) is 1.60. The first-order valence-corrected chi connectivity index (χ1v) is 6.28. The number of rotatable bonds is 1. The molecule has 0 spiro atoms. The van der Waals surface area contributed by atoms with Crippen molar-refractivity contribution in [3.8, 4) is 5.69 Å². The molecular formula is C12H10F3IN2. The fraction of sp³-hybridized carbons (Fsp3) is 0.250. The maximum absolute atomic E-state index is 12.7. The Kier molecular flexibility index (Phi) is 3.39. The molecule has 1 aromatic heterocycles. The quantitative estimate of drug-likeness (QED) is 0.695. The zero-order valence-electron chi connectivity index (χ0n) is 9.72. The highest BCUT2D eigenvalue weighted by molar-refractivity contribution is 14.1. The smallest absolute Gasteiger partial charge is 0.236 e. The Hall–Kier alpha value is -1.05. The maximum Gasteiger partial charge on any atom is 0.436 e. The maximum atomic E-state index is 12.7. The fourth-order valence-corrected chi connectivity index (χ4v) is 2.24. The Morgan fingerprint density at radius 3 is 2.11 bits per heavy atom. The Morgan fingerprint density at radius 2 is 1.67 bits per heavy atom. The number of hydrogen-bond acceptors (Lipinski definition) is 1. The summed E-state index contributed by atoms with van der Waals surface area (Å²) in [6, 6.07) is 7.20. The third kappa shape index (κ3) is 2.38. The summed E-state index contributed by atoms with van der Waals surface area (Å²) >= 11 is 1.68. The van der Waals surface area contributed by atoms with Crippen LogP contribution >= 0.6 is 22.6 Å². The van der Waals surface area contributed by atoms with E-state index in [1.54, 1.807) is 41.6 Å². The topological polar surface area (TPSA) is 17.8 Å². The summed E-state index contributed by atoms with van der Waals surface area (Å²) in [6.07, 6.45) is -4.42. The Morgan fingerprint density at radius 1 is 1.11 bits per heavy atom. The van der Waals surface area contributed by atoms with Crippen molar-refractivity contribution in [3.05, 3.63) is 44.8 Å². The largest absolute Gasteiger partial charge is 0.436 e. The molecule has 0 aliphatic carbocycles. The molecule has 0 saturated heterocycles. The highest BCUT2D eigenvalue weighted by Crippen LogP contribution is 2.33. The average molecular weight is 366 g/mol. The van der Waals surface area contributed by atoms with Crippen LogP contribution in [-0.4, -0.2) is 9.78 Å². The molecule has 6 heteroatoms. The van der Waals surface area contributed by atoms with Crippen LogP contribution in [0, 0.1) is 17.4 Å². The van der Waals surface area contributed by atoms with Crippen LogP contribution < -0.4 is 0 Å². The molecule has 1 heterocycles. The lowest BCUT2D eigenvalue weighted by Gasteiger charge is -2.04. The van der Waals surface area contributed by atoms with Crippen molar-refractivity contribution in [3.63, 3.8) is 0 Å². The predicted molar refractivity (Wildman–Crippen MR) is 70.8 cm³/mol. The number of nitrogens with zero attached hydrogens (tertiary/aromatic N) is 2. The summed E-state index contributed by atoms with van der Waals surface area (Å²) in [4.78, 5) is 0. The van der Waals surface area contributed by atoms with Crippen molar-refractivity contribution in [2.24, 2.45) is 0 Å². The summed E-state index contributed by atoms with van der Waals surface area (Å²) in [5.74, 6) is 0. The highest BCUT2D eigenvalue weighted by atomic mass is 127. The monoisotopic (exact) mass is 366 g/mol. The molecule has 2 aromatic rings. The lowest BCUT2D eigenvalue weighted by molar-refractivity contribution is -0.142. The minimum atomic E-state index is -4.42. The van der Waals surface area contributed by atoms with Gasteiger partial charge in [0.15, 0.2) is 5.69 Å².